The fraction of sp³-hybridized carbons (Fsp3) is 0.158. The van der Waals surface area contributed by atoms with Gasteiger partial charge in [-0.25, -0.2) is 0 Å². The molecule has 0 aliphatic carbocycles. The van der Waals surface area contributed by atoms with Gasteiger partial charge in [-0.15, -0.1) is 0 Å². The lowest BCUT2D eigenvalue weighted by molar-refractivity contribution is -0.113. The molecule has 0 saturated heterocycles. The van der Waals surface area contributed by atoms with Gasteiger partial charge in [0.15, 0.2) is 0 Å². The Balaban J connectivity index is 0.000000309. The minimum absolute atomic E-state index is 0.132. The molecule has 0 saturated carbocycles. The number of benzene rings is 2. The summed E-state index contributed by atoms with van der Waals surface area (Å²) in [6.45, 7) is 0. The van der Waals surface area contributed by atoms with Crippen LogP contribution < -0.4 is 10.6 Å². The number of rotatable bonds is 9. The Morgan fingerprint density at radius 3 is 1.81 bits per heavy atom. The molecule has 6 nitrogen and oxygen atoms in total. The molecule has 8 heteroatoms. The molecule has 0 aromatic heterocycles. The van der Waals surface area contributed by atoms with Crippen LogP contribution in [0.25, 0.3) is 0 Å². The molecule has 1 amide bonds. The van der Waals surface area contributed by atoms with Gasteiger partial charge in [0, 0.05) is 29.5 Å². The van der Waals surface area contributed by atoms with Crippen LogP contribution in [-0.4, -0.2) is 43.3 Å². The summed E-state index contributed by atoms with van der Waals surface area (Å²) in [5, 5.41) is 5.66. The van der Waals surface area contributed by atoms with Crippen molar-refractivity contribution >= 4 is 57.7 Å². The van der Waals surface area contributed by atoms with E-state index in [9.17, 15) is 19.2 Å². The van der Waals surface area contributed by atoms with Gasteiger partial charge in [0.1, 0.15) is 18.9 Å². The van der Waals surface area contributed by atoms with Gasteiger partial charge in [-0.3, -0.25) is 14.4 Å². The topological polar surface area (TPSA) is 92.3 Å². The van der Waals surface area contributed by atoms with Crippen LogP contribution in [0.5, 0.6) is 0 Å². The van der Waals surface area contributed by atoms with Crippen LogP contribution in [0.1, 0.15) is 20.7 Å². The lowest BCUT2D eigenvalue weighted by Gasteiger charge is -2.04. The summed E-state index contributed by atoms with van der Waals surface area (Å²) in [5.41, 5.74) is 2.95. The third-order valence-electron chi connectivity index (χ3n) is 3.08. The van der Waals surface area contributed by atoms with Crippen LogP contribution in [-0.2, 0) is 9.59 Å². The van der Waals surface area contributed by atoms with Crippen molar-refractivity contribution in [2.24, 2.45) is 0 Å². The molecule has 2 aromatic carbocycles. The fourth-order valence-electron chi connectivity index (χ4n) is 1.74. The third kappa shape index (κ3) is 9.62. The van der Waals surface area contributed by atoms with Crippen molar-refractivity contribution in [1.82, 2.24) is 0 Å². The second kappa shape index (κ2) is 13.6. The summed E-state index contributed by atoms with van der Waals surface area (Å²) in [6, 6.07) is 13.9. The maximum atomic E-state index is 11.4. The molecule has 2 N–H and O–H groups in total. The highest BCUT2D eigenvalue weighted by atomic mass is 33.1. The van der Waals surface area contributed by atoms with Crippen LogP contribution in [0.4, 0.5) is 11.4 Å². The Kier molecular flexibility index (Phi) is 11.3. The Bertz CT molecular complexity index is 734. The van der Waals surface area contributed by atoms with E-state index in [0.29, 0.717) is 22.6 Å². The van der Waals surface area contributed by atoms with E-state index in [-0.39, 0.29) is 11.7 Å². The van der Waals surface area contributed by atoms with Gasteiger partial charge in [0.05, 0.1) is 11.5 Å². The van der Waals surface area contributed by atoms with Gasteiger partial charge in [0.2, 0.25) is 5.91 Å². The first kappa shape index (κ1) is 22.5. The van der Waals surface area contributed by atoms with Crippen LogP contribution in [0, 0.1) is 0 Å². The summed E-state index contributed by atoms with van der Waals surface area (Å²) >= 11 is 0. The van der Waals surface area contributed by atoms with Crippen LogP contribution >= 0.6 is 21.6 Å². The van der Waals surface area contributed by atoms with Gasteiger partial charge < -0.3 is 15.4 Å². The number of aldehydes is 3. The van der Waals surface area contributed by atoms with E-state index >= 15 is 0 Å². The maximum Gasteiger partial charge on any atom is 0.235 e. The van der Waals surface area contributed by atoms with Gasteiger partial charge in [-0.1, -0.05) is 21.6 Å². The third-order valence-corrected chi connectivity index (χ3v) is 5.16. The molecule has 0 fully saturated rings. The molecule has 0 atom stereocenters. The minimum atomic E-state index is -0.132. The molecular weight excluding hydrogens is 384 g/mol. The zero-order valence-corrected chi connectivity index (χ0v) is 16.3. The molecule has 0 aliphatic heterocycles. The average molecular weight is 405 g/mol. The summed E-state index contributed by atoms with van der Waals surface area (Å²) < 4.78 is 0. The van der Waals surface area contributed by atoms with E-state index < -0.39 is 0 Å². The van der Waals surface area contributed by atoms with Crippen LogP contribution in [0.15, 0.2) is 48.5 Å². The highest BCUT2D eigenvalue weighted by Crippen LogP contribution is 2.20. The highest BCUT2D eigenvalue weighted by Gasteiger charge is 2.02. The lowest BCUT2D eigenvalue weighted by Crippen LogP contribution is -2.13. The number of hydrogen-bond acceptors (Lipinski definition) is 7. The molecule has 0 bridgehead atoms. The Hall–Kier alpha value is -2.58. The number of anilines is 2. The maximum absolute atomic E-state index is 11.4. The van der Waals surface area contributed by atoms with E-state index in [1.165, 1.54) is 21.6 Å². The second-order valence-electron chi connectivity index (χ2n) is 4.99. The Morgan fingerprint density at radius 1 is 0.852 bits per heavy atom. The predicted molar refractivity (Wildman–Crippen MR) is 113 cm³/mol. The van der Waals surface area contributed by atoms with Gasteiger partial charge in [0.25, 0.3) is 0 Å². The molecule has 142 valence electrons. The first-order chi connectivity index (χ1) is 13.1. The number of nitrogens with one attached hydrogen (secondary N) is 2. The zero-order valence-electron chi connectivity index (χ0n) is 14.7. The van der Waals surface area contributed by atoms with E-state index in [2.05, 4.69) is 10.6 Å². The fourth-order valence-corrected chi connectivity index (χ4v) is 3.18. The summed E-state index contributed by atoms with van der Waals surface area (Å²) in [6.07, 6.45) is 2.38. The summed E-state index contributed by atoms with van der Waals surface area (Å²) in [7, 11) is 4.51. The van der Waals surface area contributed by atoms with Crippen molar-refractivity contribution in [3.05, 3.63) is 59.7 Å². The first-order valence-corrected chi connectivity index (χ1v) is 10.4. The summed E-state index contributed by atoms with van der Waals surface area (Å²) in [4.78, 5) is 42.1. The number of hydrogen-bond donors (Lipinski definition) is 2. The van der Waals surface area contributed by atoms with E-state index in [0.717, 1.165) is 24.5 Å². The number of amides is 1. The molecule has 0 aliphatic rings. The molecule has 2 rings (SSSR count). The molecule has 2 aromatic rings. The Labute approximate surface area is 165 Å². The van der Waals surface area contributed by atoms with Crippen molar-refractivity contribution in [2.75, 3.05) is 29.2 Å². The number of carbonyl (C=O) groups excluding carboxylic acids is 4. The minimum Gasteiger partial charge on any atom is -0.388 e. The van der Waals surface area contributed by atoms with Crippen LogP contribution in [0.2, 0.25) is 0 Å². The monoisotopic (exact) mass is 404 g/mol. The SMILES string of the molecule is CNc1ccc(C=O)cc1.O=CCSSCC(=O)Nc1ccc(C=O)cc1. The van der Waals surface area contributed by atoms with E-state index in [1.807, 2.05) is 19.2 Å². The van der Waals surface area contributed by atoms with E-state index in [4.69, 9.17) is 0 Å². The van der Waals surface area contributed by atoms with Crippen molar-refractivity contribution in [3.8, 4) is 0 Å². The molecule has 0 spiro atoms. The second-order valence-corrected chi connectivity index (χ2v) is 7.50. The van der Waals surface area contributed by atoms with E-state index in [1.54, 1.807) is 36.4 Å². The molecule has 0 heterocycles. The molecule has 0 unspecified atom stereocenters. The van der Waals surface area contributed by atoms with Gasteiger partial charge >= 0.3 is 0 Å². The lowest BCUT2D eigenvalue weighted by atomic mass is 10.2. The average Bonchev–Trinajstić information content (AvgIpc) is 2.72. The molecule has 27 heavy (non-hydrogen) atoms. The van der Waals surface area contributed by atoms with Gasteiger partial charge in [-0.2, -0.15) is 0 Å². The van der Waals surface area contributed by atoms with Crippen LogP contribution in [0.3, 0.4) is 0 Å². The zero-order chi connectivity index (χ0) is 19.9. The predicted octanol–water partition coefficient (Wildman–Crippen LogP) is 3.56. The smallest absolute Gasteiger partial charge is 0.235 e. The van der Waals surface area contributed by atoms with Crippen molar-refractivity contribution in [2.45, 2.75) is 0 Å². The standard InChI is InChI=1S/C11H11NO3S2.C8H9NO/c13-5-6-16-17-8-11(15)12-10-3-1-9(7-14)2-4-10;1-9-8-4-2-7(6-10)3-5-8/h1-5,7H,6,8H2,(H,12,15);2-6,9H,1H3. The van der Waals surface area contributed by atoms with Gasteiger partial charge in [-0.05, 0) is 48.5 Å². The Morgan fingerprint density at radius 2 is 1.37 bits per heavy atom. The van der Waals surface area contributed by atoms with Crippen molar-refractivity contribution in [3.63, 3.8) is 0 Å². The first-order valence-electron chi connectivity index (χ1n) is 7.89. The quantitative estimate of drug-likeness (QED) is 0.375. The largest absolute Gasteiger partial charge is 0.388 e. The highest BCUT2D eigenvalue weighted by molar-refractivity contribution is 8.77. The number of carbonyl (C=O) groups is 4. The summed E-state index contributed by atoms with van der Waals surface area (Å²) in [5.74, 6) is 0.534. The van der Waals surface area contributed by atoms with Crippen molar-refractivity contribution in [1.29, 1.82) is 0 Å². The normalized spacial score (nSPS) is 9.37. The molecular formula is C19H20N2O4S2. The molecule has 0 radical (unpaired) electrons. The van der Waals surface area contributed by atoms with Crippen molar-refractivity contribution < 1.29 is 19.2 Å².